The van der Waals surface area contributed by atoms with Crippen LogP contribution in [0.4, 0.5) is 5.82 Å². The molecule has 1 aliphatic heterocycles. The summed E-state index contributed by atoms with van der Waals surface area (Å²) in [5.74, 6) is 1.46. The van der Waals surface area contributed by atoms with Gasteiger partial charge in [0, 0.05) is 31.0 Å². The number of nitrogens with two attached hydrogens (primary N) is 1. The molecule has 0 radical (unpaired) electrons. The smallest absolute Gasteiger partial charge is 0.154 e. The Hall–Kier alpha value is -1.62. The van der Waals surface area contributed by atoms with Crippen molar-refractivity contribution in [1.29, 1.82) is 0 Å². The van der Waals surface area contributed by atoms with Gasteiger partial charge in [-0.25, -0.2) is 9.50 Å². The molecule has 3 heterocycles. The lowest BCUT2D eigenvalue weighted by atomic mass is 9.99. The van der Waals surface area contributed by atoms with Crippen molar-refractivity contribution in [3.05, 3.63) is 24.2 Å². The highest BCUT2D eigenvalue weighted by atomic mass is 15.3. The van der Waals surface area contributed by atoms with Gasteiger partial charge in [0.1, 0.15) is 5.52 Å². The van der Waals surface area contributed by atoms with Crippen LogP contribution in [0.15, 0.2) is 18.5 Å². The highest BCUT2D eigenvalue weighted by molar-refractivity contribution is 5.69. The average Bonchev–Trinajstić information content (AvgIpc) is 2.83. The molecule has 0 bridgehead atoms. The standard InChI is InChI=1S/C15H23N5/c1-10(2)13-9-14-15(17-5-7-20(14)18-13)19-6-4-12(16)8-11(19)3/h5,7,9-12H,4,6,8,16H2,1-3H3. The monoisotopic (exact) mass is 273 g/mol. The van der Waals surface area contributed by atoms with E-state index in [4.69, 9.17) is 5.73 Å². The number of rotatable bonds is 2. The number of hydrogen-bond acceptors (Lipinski definition) is 4. The van der Waals surface area contributed by atoms with Crippen LogP contribution in [0.1, 0.15) is 45.2 Å². The Morgan fingerprint density at radius 2 is 2.20 bits per heavy atom. The summed E-state index contributed by atoms with van der Waals surface area (Å²) >= 11 is 0. The van der Waals surface area contributed by atoms with Crippen LogP contribution in [0.3, 0.4) is 0 Å². The van der Waals surface area contributed by atoms with Gasteiger partial charge in [-0.05, 0) is 31.7 Å². The van der Waals surface area contributed by atoms with Crippen LogP contribution < -0.4 is 10.6 Å². The molecular formula is C15H23N5. The molecule has 108 valence electrons. The van der Waals surface area contributed by atoms with Crippen LogP contribution >= 0.6 is 0 Å². The summed E-state index contributed by atoms with van der Waals surface area (Å²) in [4.78, 5) is 6.97. The molecule has 3 rings (SSSR count). The maximum atomic E-state index is 6.06. The van der Waals surface area contributed by atoms with Gasteiger partial charge in [-0.1, -0.05) is 13.8 Å². The van der Waals surface area contributed by atoms with Gasteiger partial charge in [-0.2, -0.15) is 5.10 Å². The van der Waals surface area contributed by atoms with Gasteiger partial charge < -0.3 is 10.6 Å². The zero-order chi connectivity index (χ0) is 14.3. The predicted octanol–water partition coefficient (Wildman–Crippen LogP) is 2.17. The Labute approximate surface area is 119 Å². The first kappa shape index (κ1) is 13.4. The number of anilines is 1. The largest absolute Gasteiger partial charge is 0.352 e. The van der Waals surface area contributed by atoms with Crippen molar-refractivity contribution < 1.29 is 0 Å². The quantitative estimate of drug-likeness (QED) is 0.911. The minimum Gasteiger partial charge on any atom is -0.352 e. The summed E-state index contributed by atoms with van der Waals surface area (Å²) in [5, 5.41) is 4.63. The highest BCUT2D eigenvalue weighted by Crippen LogP contribution is 2.27. The maximum absolute atomic E-state index is 6.06. The molecule has 20 heavy (non-hydrogen) atoms. The third-order valence-electron chi connectivity index (χ3n) is 4.17. The number of nitrogens with zero attached hydrogens (tertiary/aromatic N) is 4. The molecule has 0 spiro atoms. The molecule has 1 aliphatic rings. The summed E-state index contributed by atoms with van der Waals surface area (Å²) in [6.45, 7) is 7.52. The zero-order valence-corrected chi connectivity index (χ0v) is 12.5. The maximum Gasteiger partial charge on any atom is 0.154 e. The van der Waals surface area contributed by atoms with E-state index in [9.17, 15) is 0 Å². The third-order valence-corrected chi connectivity index (χ3v) is 4.17. The number of fused-ring (bicyclic) bond motifs is 1. The first-order valence-electron chi connectivity index (χ1n) is 7.42. The van der Waals surface area contributed by atoms with E-state index in [0.29, 0.717) is 18.0 Å². The van der Waals surface area contributed by atoms with Crippen molar-refractivity contribution in [2.75, 3.05) is 11.4 Å². The molecule has 2 unspecified atom stereocenters. The highest BCUT2D eigenvalue weighted by Gasteiger charge is 2.26. The lowest BCUT2D eigenvalue weighted by Gasteiger charge is -2.37. The van der Waals surface area contributed by atoms with E-state index < -0.39 is 0 Å². The van der Waals surface area contributed by atoms with Crippen molar-refractivity contribution in [2.45, 2.75) is 51.6 Å². The van der Waals surface area contributed by atoms with E-state index in [1.54, 1.807) is 0 Å². The van der Waals surface area contributed by atoms with E-state index >= 15 is 0 Å². The van der Waals surface area contributed by atoms with E-state index in [0.717, 1.165) is 36.4 Å². The summed E-state index contributed by atoms with van der Waals surface area (Å²) in [7, 11) is 0. The van der Waals surface area contributed by atoms with Crippen LogP contribution in [0, 0.1) is 0 Å². The second kappa shape index (κ2) is 5.05. The third kappa shape index (κ3) is 2.26. The molecule has 2 aromatic heterocycles. The van der Waals surface area contributed by atoms with Crippen molar-refractivity contribution in [2.24, 2.45) is 5.73 Å². The molecular weight excluding hydrogens is 250 g/mol. The number of piperidine rings is 1. The first-order chi connectivity index (χ1) is 9.56. The van der Waals surface area contributed by atoms with Crippen LogP contribution in [0.25, 0.3) is 5.52 Å². The first-order valence-corrected chi connectivity index (χ1v) is 7.42. The molecule has 1 saturated heterocycles. The topological polar surface area (TPSA) is 59.5 Å². The van der Waals surface area contributed by atoms with E-state index in [-0.39, 0.29) is 0 Å². The lowest BCUT2D eigenvalue weighted by molar-refractivity contribution is 0.427. The molecule has 2 atom stereocenters. The summed E-state index contributed by atoms with van der Waals surface area (Å²) < 4.78 is 1.94. The van der Waals surface area contributed by atoms with Crippen LogP contribution in [-0.4, -0.2) is 33.2 Å². The Bertz CT molecular complexity index is 603. The molecule has 0 amide bonds. The number of aromatic nitrogens is 3. The second-order valence-corrected chi connectivity index (χ2v) is 6.13. The SMILES string of the molecule is CC(C)c1cc2c(N3CCC(N)CC3C)nccn2n1. The van der Waals surface area contributed by atoms with Gasteiger partial charge in [0.05, 0.1) is 5.69 Å². The van der Waals surface area contributed by atoms with Crippen molar-refractivity contribution in [3.8, 4) is 0 Å². The van der Waals surface area contributed by atoms with Crippen LogP contribution in [-0.2, 0) is 0 Å². The predicted molar refractivity (Wildman–Crippen MR) is 81.1 cm³/mol. The normalized spacial score (nSPS) is 23.8. The summed E-state index contributed by atoms with van der Waals surface area (Å²) in [6, 6.07) is 2.90. The summed E-state index contributed by atoms with van der Waals surface area (Å²) in [6.07, 6.45) is 5.80. The van der Waals surface area contributed by atoms with Crippen molar-refractivity contribution >= 4 is 11.3 Å². The van der Waals surface area contributed by atoms with E-state index in [2.05, 4.69) is 41.8 Å². The minimum atomic E-state index is 0.317. The Kier molecular flexibility index (Phi) is 3.38. The molecule has 0 aliphatic carbocycles. The minimum absolute atomic E-state index is 0.317. The van der Waals surface area contributed by atoms with Crippen LogP contribution in [0.2, 0.25) is 0 Å². The second-order valence-electron chi connectivity index (χ2n) is 6.13. The fourth-order valence-corrected chi connectivity index (χ4v) is 2.95. The molecule has 0 saturated carbocycles. The molecule has 5 heteroatoms. The Balaban J connectivity index is 2.02. The number of hydrogen-bond donors (Lipinski definition) is 1. The molecule has 2 N–H and O–H groups in total. The molecule has 0 aromatic carbocycles. The van der Waals surface area contributed by atoms with E-state index in [1.165, 1.54) is 0 Å². The molecule has 5 nitrogen and oxygen atoms in total. The van der Waals surface area contributed by atoms with Gasteiger partial charge in [-0.3, -0.25) is 0 Å². The van der Waals surface area contributed by atoms with Gasteiger partial charge in [0.15, 0.2) is 5.82 Å². The lowest BCUT2D eigenvalue weighted by Crippen LogP contribution is -2.46. The Morgan fingerprint density at radius 1 is 1.40 bits per heavy atom. The van der Waals surface area contributed by atoms with Gasteiger partial charge in [0.2, 0.25) is 0 Å². The van der Waals surface area contributed by atoms with Gasteiger partial charge >= 0.3 is 0 Å². The fraction of sp³-hybridized carbons (Fsp3) is 0.600. The molecule has 2 aromatic rings. The fourth-order valence-electron chi connectivity index (χ4n) is 2.95. The van der Waals surface area contributed by atoms with E-state index in [1.807, 2.05) is 16.9 Å². The average molecular weight is 273 g/mol. The Morgan fingerprint density at radius 3 is 2.90 bits per heavy atom. The summed E-state index contributed by atoms with van der Waals surface area (Å²) in [5.41, 5.74) is 8.26. The van der Waals surface area contributed by atoms with Crippen LogP contribution in [0.5, 0.6) is 0 Å². The van der Waals surface area contributed by atoms with Gasteiger partial charge in [0.25, 0.3) is 0 Å². The molecule has 1 fully saturated rings. The van der Waals surface area contributed by atoms with Crippen molar-refractivity contribution in [3.63, 3.8) is 0 Å². The van der Waals surface area contributed by atoms with Gasteiger partial charge in [-0.15, -0.1) is 0 Å². The zero-order valence-electron chi connectivity index (χ0n) is 12.5. The van der Waals surface area contributed by atoms with Crippen molar-refractivity contribution in [1.82, 2.24) is 14.6 Å².